The van der Waals surface area contributed by atoms with E-state index in [0.29, 0.717) is 0 Å². The van der Waals surface area contributed by atoms with Crippen molar-refractivity contribution in [2.24, 2.45) is 5.92 Å². The maximum Gasteiger partial charge on any atom is 0.0726 e. The number of hydrogen-bond donors (Lipinski definition) is 1. The van der Waals surface area contributed by atoms with E-state index in [1.807, 2.05) is 12.1 Å². The van der Waals surface area contributed by atoms with Crippen molar-refractivity contribution < 1.29 is 0 Å². The van der Waals surface area contributed by atoms with Crippen LogP contribution in [0.25, 0.3) is 10.9 Å². The molecule has 3 nitrogen and oxygen atoms in total. The Balaban J connectivity index is 1.62. The summed E-state index contributed by atoms with van der Waals surface area (Å²) in [6.45, 7) is 2.17. The SMILES string of the molecule is Nc1cc(CN2CCCC3CCCC32)nc2ccccc12. The fourth-order valence-electron chi connectivity index (χ4n) is 4.30. The van der Waals surface area contributed by atoms with Gasteiger partial charge in [-0.1, -0.05) is 24.6 Å². The molecule has 0 amide bonds. The van der Waals surface area contributed by atoms with E-state index in [2.05, 4.69) is 23.1 Å². The number of benzene rings is 1. The summed E-state index contributed by atoms with van der Waals surface area (Å²) in [5.41, 5.74) is 9.21. The van der Waals surface area contributed by atoms with E-state index in [1.54, 1.807) is 0 Å². The number of rotatable bonds is 2. The molecule has 110 valence electrons. The quantitative estimate of drug-likeness (QED) is 0.915. The van der Waals surface area contributed by atoms with Crippen molar-refractivity contribution in [2.45, 2.75) is 44.7 Å². The molecule has 0 radical (unpaired) electrons. The molecular weight excluding hydrogens is 258 g/mol. The molecular formula is C18H23N3. The van der Waals surface area contributed by atoms with E-state index in [1.165, 1.54) is 38.6 Å². The van der Waals surface area contributed by atoms with Gasteiger partial charge < -0.3 is 5.73 Å². The molecule has 3 heteroatoms. The van der Waals surface area contributed by atoms with Crippen LogP contribution in [0, 0.1) is 5.92 Å². The third-order valence-corrected chi connectivity index (χ3v) is 5.27. The Morgan fingerprint density at radius 2 is 2.00 bits per heavy atom. The summed E-state index contributed by atoms with van der Waals surface area (Å²) in [6.07, 6.45) is 6.96. The highest BCUT2D eigenvalue weighted by atomic mass is 15.2. The molecule has 2 atom stereocenters. The Labute approximate surface area is 126 Å². The lowest BCUT2D eigenvalue weighted by Crippen LogP contribution is -2.42. The van der Waals surface area contributed by atoms with Gasteiger partial charge in [-0.2, -0.15) is 0 Å². The molecule has 1 saturated heterocycles. The Morgan fingerprint density at radius 1 is 1.14 bits per heavy atom. The van der Waals surface area contributed by atoms with Crippen LogP contribution in [0.15, 0.2) is 30.3 Å². The first-order valence-electron chi connectivity index (χ1n) is 8.19. The van der Waals surface area contributed by atoms with Crippen LogP contribution in [0.1, 0.15) is 37.8 Å². The smallest absolute Gasteiger partial charge is 0.0726 e. The number of nitrogens with two attached hydrogens (primary N) is 1. The maximum atomic E-state index is 6.21. The van der Waals surface area contributed by atoms with Crippen molar-refractivity contribution in [3.05, 3.63) is 36.0 Å². The standard InChI is InChI=1S/C18H23N3/c19-16-11-14(20-17-8-2-1-7-15(16)17)12-21-10-4-6-13-5-3-9-18(13)21/h1-2,7-8,11,13,18H,3-6,9-10,12H2,(H2,19,20). The van der Waals surface area contributed by atoms with Crippen LogP contribution >= 0.6 is 0 Å². The largest absolute Gasteiger partial charge is 0.398 e. The highest BCUT2D eigenvalue weighted by Crippen LogP contribution is 2.37. The molecule has 2 aliphatic rings. The fourth-order valence-corrected chi connectivity index (χ4v) is 4.30. The van der Waals surface area contributed by atoms with E-state index < -0.39 is 0 Å². The third-order valence-electron chi connectivity index (χ3n) is 5.27. The molecule has 1 saturated carbocycles. The van der Waals surface area contributed by atoms with Gasteiger partial charge in [-0.15, -0.1) is 0 Å². The van der Waals surface area contributed by atoms with Crippen LogP contribution in [-0.2, 0) is 6.54 Å². The summed E-state index contributed by atoms with van der Waals surface area (Å²) in [6, 6.07) is 11.0. The second kappa shape index (κ2) is 5.30. The fraction of sp³-hybridized carbons (Fsp3) is 0.500. The molecule has 2 heterocycles. The minimum atomic E-state index is 0.785. The third kappa shape index (κ3) is 2.40. The first-order chi connectivity index (χ1) is 10.3. The Hall–Kier alpha value is -1.61. The van der Waals surface area contributed by atoms with E-state index in [9.17, 15) is 0 Å². The Bertz CT molecular complexity index is 652. The predicted octanol–water partition coefficient (Wildman–Crippen LogP) is 3.58. The van der Waals surface area contributed by atoms with E-state index in [4.69, 9.17) is 10.7 Å². The van der Waals surface area contributed by atoms with E-state index in [0.717, 1.165) is 40.8 Å². The molecule has 21 heavy (non-hydrogen) atoms. The van der Waals surface area contributed by atoms with Crippen LogP contribution < -0.4 is 5.73 Å². The van der Waals surface area contributed by atoms with Gasteiger partial charge in [0.2, 0.25) is 0 Å². The monoisotopic (exact) mass is 281 g/mol. The number of hydrogen-bond acceptors (Lipinski definition) is 3. The van der Waals surface area contributed by atoms with Gasteiger partial charge in [-0.25, -0.2) is 0 Å². The Kier molecular flexibility index (Phi) is 3.30. The summed E-state index contributed by atoms with van der Waals surface area (Å²) >= 11 is 0. The van der Waals surface area contributed by atoms with Crippen LogP contribution in [0.4, 0.5) is 5.69 Å². The van der Waals surface area contributed by atoms with Crippen molar-refractivity contribution in [2.75, 3.05) is 12.3 Å². The lowest BCUT2D eigenvalue weighted by atomic mass is 9.92. The van der Waals surface area contributed by atoms with Crippen LogP contribution in [0.3, 0.4) is 0 Å². The highest BCUT2D eigenvalue weighted by molar-refractivity contribution is 5.90. The van der Waals surface area contributed by atoms with Crippen molar-refractivity contribution in [1.82, 2.24) is 9.88 Å². The van der Waals surface area contributed by atoms with Crippen molar-refractivity contribution in [3.8, 4) is 0 Å². The van der Waals surface area contributed by atoms with Gasteiger partial charge in [0, 0.05) is 23.7 Å². The number of nitrogens with zero attached hydrogens (tertiary/aromatic N) is 2. The molecule has 2 fully saturated rings. The second-order valence-electron chi connectivity index (χ2n) is 6.59. The van der Waals surface area contributed by atoms with E-state index >= 15 is 0 Å². The number of fused-ring (bicyclic) bond motifs is 2. The molecule has 2 unspecified atom stereocenters. The van der Waals surface area contributed by atoms with Crippen molar-refractivity contribution in [1.29, 1.82) is 0 Å². The number of anilines is 1. The molecule has 1 aromatic heterocycles. The van der Waals surface area contributed by atoms with Gasteiger partial charge in [0.15, 0.2) is 0 Å². The average molecular weight is 281 g/mol. The topological polar surface area (TPSA) is 42.1 Å². The summed E-state index contributed by atoms with van der Waals surface area (Å²) in [5.74, 6) is 0.927. The number of para-hydroxylation sites is 1. The lowest BCUT2D eigenvalue weighted by molar-refractivity contribution is 0.104. The van der Waals surface area contributed by atoms with Gasteiger partial charge in [0.05, 0.1) is 11.2 Å². The second-order valence-corrected chi connectivity index (χ2v) is 6.59. The number of likely N-dealkylation sites (tertiary alicyclic amines) is 1. The normalized spacial score (nSPS) is 26.1. The zero-order valence-electron chi connectivity index (χ0n) is 12.5. The lowest BCUT2D eigenvalue weighted by Gasteiger charge is -2.37. The minimum Gasteiger partial charge on any atom is -0.398 e. The minimum absolute atomic E-state index is 0.785. The van der Waals surface area contributed by atoms with Crippen molar-refractivity contribution in [3.63, 3.8) is 0 Å². The van der Waals surface area contributed by atoms with Gasteiger partial charge >= 0.3 is 0 Å². The molecule has 4 rings (SSSR count). The zero-order chi connectivity index (χ0) is 14.2. The molecule has 2 N–H and O–H groups in total. The molecule has 2 aromatic rings. The number of nitrogen functional groups attached to an aromatic ring is 1. The summed E-state index contributed by atoms with van der Waals surface area (Å²) < 4.78 is 0. The summed E-state index contributed by atoms with van der Waals surface area (Å²) in [5, 5.41) is 1.07. The first-order valence-corrected chi connectivity index (χ1v) is 8.19. The average Bonchev–Trinajstić information content (AvgIpc) is 2.97. The molecule has 1 aliphatic carbocycles. The van der Waals surface area contributed by atoms with E-state index in [-0.39, 0.29) is 0 Å². The summed E-state index contributed by atoms with van der Waals surface area (Å²) in [7, 11) is 0. The van der Waals surface area contributed by atoms with Gasteiger partial charge in [0.25, 0.3) is 0 Å². The predicted molar refractivity (Wildman–Crippen MR) is 86.9 cm³/mol. The number of piperidine rings is 1. The molecule has 0 bridgehead atoms. The molecule has 1 aromatic carbocycles. The zero-order valence-corrected chi connectivity index (χ0v) is 12.5. The maximum absolute atomic E-state index is 6.21. The number of pyridine rings is 1. The van der Waals surface area contributed by atoms with Gasteiger partial charge in [-0.05, 0) is 50.3 Å². The van der Waals surface area contributed by atoms with Crippen LogP contribution in [0.5, 0.6) is 0 Å². The van der Waals surface area contributed by atoms with Crippen LogP contribution in [0.2, 0.25) is 0 Å². The van der Waals surface area contributed by atoms with Gasteiger partial charge in [0.1, 0.15) is 0 Å². The van der Waals surface area contributed by atoms with Crippen LogP contribution in [-0.4, -0.2) is 22.5 Å². The number of aromatic nitrogens is 1. The molecule has 1 aliphatic heterocycles. The first kappa shape index (κ1) is 13.1. The van der Waals surface area contributed by atoms with Gasteiger partial charge in [-0.3, -0.25) is 9.88 Å². The molecule has 0 spiro atoms. The Morgan fingerprint density at radius 3 is 2.95 bits per heavy atom. The highest BCUT2D eigenvalue weighted by Gasteiger charge is 2.34. The summed E-state index contributed by atoms with van der Waals surface area (Å²) in [4.78, 5) is 7.47. The van der Waals surface area contributed by atoms with Crippen molar-refractivity contribution >= 4 is 16.6 Å².